The Morgan fingerprint density at radius 1 is 1.28 bits per heavy atom. The number of amides is 1. The van der Waals surface area contributed by atoms with Gasteiger partial charge >= 0.3 is 0 Å². The Labute approximate surface area is 110 Å². The second-order valence-electron chi connectivity index (χ2n) is 6.51. The van der Waals surface area contributed by atoms with Gasteiger partial charge in [-0.25, -0.2) is 0 Å². The Morgan fingerprint density at radius 2 is 2.00 bits per heavy atom. The number of hydrogen-bond donors (Lipinski definition) is 1. The van der Waals surface area contributed by atoms with E-state index in [4.69, 9.17) is 0 Å². The van der Waals surface area contributed by atoms with Crippen LogP contribution in [-0.4, -0.2) is 61.5 Å². The summed E-state index contributed by atoms with van der Waals surface area (Å²) in [6.45, 7) is 7.35. The molecule has 3 aliphatic rings. The first kappa shape index (κ1) is 12.4. The van der Waals surface area contributed by atoms with Gasteiger partial charge in [-0.3, -0.25) is 4.79 Å². The fourth-order valence-corrected chi connectivity index (χ4v) is 3.84. The molecule has 1 amide bonds. The molecule has 1 spiro atoms. The number of nitrogens with one attached hydrogen (secondary N) is 1. The van der Waals surface area contributed by atoms with Crippen molar-refractivity contribution in [2.24, 2.45) is 11.3 Å². The molecule has 3 fully saturated rings. The smallest absolute Gasteiger partial charge is 0.226 e. The van der Waals surface area contributed by atoms with Gasteiger partial charge in [-0.2, -0.15) is 0 Å². The predicted molar refractivity (Wildman–Crippen MR) is 71.3 cm³/mol. The first-order valence-electron chi connectivity index (χ1n) is 7.32. The Hall–Kier alpha value is -0.610. The Morgan fingerprint density at radius 3 is 2.67 bits per heavy atom. The van der Waals surface area contributed by atoms with E-state index in [1.807, 2.05) is 0 Å². The van der Waals surface area contributed by atoms with Crippen molar-refractivity contribution < 1.29 is 4.79 Å². The van der Waals surface area contributed by atoms with E-state index >= 15 is 0 Å². The van der Waals surface area contributed by atoms with Gasteiger partial charge in [0.1, 0.15) is 0 Å². The van der Waals surface area contributed by atoms with Gasteiger partial charge in [-0.05, 0) is 51.7 Å². The third-order valence-electron chi connectivity index (χ3n) is 5.20. The van der Waals surface area contributed by atoms with Crippen molar-refractivity contribution in [3.05, 3.63) is 0 Å². The molecule has 102 valence electrons. The lowest BCUT2D eigenvalue weighted by atomic mass is 9.91. The molecule has 2 unspecified atom stereocenters. The average molecular weight is 251 g/mol. The minimum atomic E-state index is 0.338. The third-order valence-corrected chi connectivity index (χ3v) is 5.20. The van der Waals surface area contributed by atoms with E-state index in [2.05, 4.69) is 29.1 Å². The number of rotatable bonds is 1. The maximum absolute atomic E-state index is 12.6. The summed E-state index contributed by atoms with van der Waals surface area (Å²) < 4.78 is 0. The molecular weight excluding hydrogens is 226 g/mol. The molecule has 1 N–H and O–H groups in total. The topological polar surface area (TPSA) is 35.6 Å². The summed E-state index contributed by atoms with van der Waals surface area (Å²) in [5, 5.41) is 3.40. The van der Waals surface area contributed by atoms with Crippen molar-refractivity contribution in [3.8, 4) is 0 Å². The van der Waals surface area contributed by atoms with Gasteiger partial charge in [0.15, 0.2) is 0 Å². The van der Waals surface area contributed by atoms with Gasteiger partial charge < -0.3 is 15.1 Å². The molecule has 4 heteroatoms. The zero-order valence-electron chi connectivity index (χ0n) is 11.6. The van der Waals surface area contributed by atoms with Crippen LogP contribution in [-0.2, 0) is 4.79 Å². The molecule has 1 aliphatic carbocycles. The van der Waals surface area contributed by atoms with Gasteiger partial charge in [-0.1, -0.05) is 0 Å². The van der Waals surface area contributed by atoms with Crippen molar-refractivity contribution in [3.63, 3.8) is 0 Å². The fourth-order valence-electron chi connectivity index (χ4n) is 3.84. The molecule has 2 atom stereocenters. The summed E-state index contributed by atoms with van der Waals surface area (Å²) in [5.41, 5.74) is 0.380. The number of nitrogens with zero attached hydrogens (tertiary/aromatic N) is 2. The van der Waals surface area contributed by atoms with Crippen LogP contribution in [0, 0.1) is 11.3 Å². The molecule has 1 saturated carbocycles. The van der Waals surface area contributed by atoms with Gasteiger partial charge in [0, 0.05) is 31.6 Å². The summed E-state index contributed by atoms with van der Waals surface area (Å²) in [6, 6.07) is 0.385. The number of carbonyl (C=O) groups excluding carboxylic acids is 1. The van der Waals surface area contributed by atoms with E-state index in [1.165, 1.54) is 12.8 Å². The highest BCUT2D eigenvalue weighted by molar-refractivity contribution is 5.83. The van der Waals surface area contributed by atoms with Crippen LogP contribution in [0.4, 0.5) is 0 Å². The lowest BCUT2D eigenvalue weighted by Crippen LogP contribution is -2.53. The quantitative estimate of drug-likeness (QED) is 0.739. The van der Waals surface area contributed by atoms with Crippen LogP contribution in [0.25, 0.3) is 0 Å². The van der Waals surface area contributed by atoms with Gasteiger partial charge in [-0.15, -0.1) is 0 Å². The molecule has 4 nitrogen and oxygen atoms in total. The third kappa shape index (κ3) is 2.05. The van der Waals surface area contributed by atoms with Gasteiger partial charge in [0.05, 0.1) is 0 Å². The SMILES string of the molecule is CC1CN(C)CCN1C(=O)C1CC12CCNCC2. The zero-order valence-corrected chi connectivity index (χ0v) is 11.6. The summed E-state index contributed by atoms with van der Waals surface area (Å²) >= 11 is 0. The first-order valence-corrected chi connectivity index (χ1v) is 7.32. The van der Waals surface area contributed by atoms with Crippen molar-refractivity contribution in [2.45, 2.75) is 32.2 Å². The van der Waals surface area contributed by atoms with Crippen LogP contribution in [0.5, 0.6) is 0 Å². The molecule has 2 aliphatic heterocycles. The summed E-state index contributed by atoms with van der Waals surface area (Å²) in [5.74, 6) is 0.781. The number of likely N-dealkylation sites (N-methyl/N-ethyl adjacent to an activating group) is 1. The highest BCUT2D eigenvalue weighted by atomic mass is 16.2. The summed E-state index contributed by atoms with van der Waals surface area (Å²) in [4.78, 5) is 17.1. The fraction of sp³-hybridized carbons (Fsp3) is 0.929. The molecule has 0 bridgehead atoms. The largest absolute Gasteiger partial charge is 0.337 e. The molecule has 0 radical (unpaired) electrons. The van der Waals surface area contributed by atoms with Gasteiger partial charge in [0.2, 0.25) is 5.91 Å². The molecule has 0 aromatic carbocycles. The second-order valence-corrected chi connectivity index (χ2v) is 6.51. The van der Waals surface area contributed by atoms with Crippen LogP contribution < -0.4 is 5.32 Å². The highest BCUT2D eigenvalue weighted by Crippen LogP contribution is 2.59. The molecule has 0 aromatic rings. The van der Waals surface area contributed by atoms with Crippen LogP contribution in [0.3, 0.4) is 0 Å². The summed E-state index contributed by atoms with van der Waals surface area (Å²) in [7, 11) is 2.14. The normalized spacial score (nSPS) is 35.8. The molecule has 18 heavy (non-hydrogen) atoms. The lowest BCUT2D eigenvalue weighted by molar-refractivity contribution is -0.137. The maximum atomic E-state index is 12.6. The number of piperazine rings is 1. The van der Waals surface area contributed by atoms with Gasteiger partial charge in [0.25, 0.3) is 0 Å². The molecule has 2 heterocycles. The number of carbonyl (C=O) groups is 1. The van der Waals surface area contributed by atoms with Crippen molar-refractivity contribution in [1.29, 1.82) is 0 Å². The van der Waals surface area contributed by atoms with E-state index in [9.17, 15) is 4.79 Å². The van der Waals surface area contributed by atoms with Crippen molar-refractivity contribution in [2.75, 3.05) is 39.8 Å². The minimum Gasteiger partial charge on any atom is -0.337 e. The predicted octanol–water partition coefficient (Wildman–Crippen LogP) is 0.539. The molecule has 2 saturated heterocycles. The minimum absolute atomic E-state index is 0.338. The monoisotopic (exact) mass is 251 g/mol. The zero-order chi connectivity index (χ0) is 12.8. The van der Waals surface area contributed by atoms with E-state index in [1.54, 1.807) is 0 Å². The number of piperidine rings is 1. The van der Waals surface area contributed by atoms with Crippen LogP contribution >= 0.6 is 0 Å². The molecule has 3 rings (SSSR count). The summed E-state index contributed by atoms with van der Waals surface area (Å²) in [6.07, 6.45) is 3.55. The van der Waals surface area contributed by atoms with Crippen molar-refractivity contribution >= 4 is 5.91 Å². The second kappa shape index (κ2) is 4.49. The van der Waals surface area contributed by atoms with E-state index in [0.717, 1.165) is 39.1 Å². The molecular formula is C14H25N3O. The average Bonchev–Trinajstić information content (AvgIpc) is 3.03. The van der Waals surface area contributed by atoms with Crippen LogP contribution in [0.15, 0.2) is 0 Å². The standard InChI is InChI=1S/C14H25N3O/c1-11-10-16(2)7-8-17(11)13(18)12-9-14(12)3-5-15-6-4-14/h11-12,15H,3-10H2,1-2H3. The highest BCUT2D eigenvalue weighted by Gasteiger charge is 2.58. The Bertz CT molecular complexity index is 338. The van der Waals surface area contributed by atoms with Crippen LogP contribution in [0.1, 0.15) is 26.2 Å². The Kier molecular flexibility index (Phi) is 3.10. The van der Waals surface area contributed by atoms with Crippen molar-refractivity contribution in [1.82, 2.24) is 15.1 Å². The lowest BCUT2D eigenvalue weighted by Gasteiger charge is -2.39. The van der Waals surface area contributed by atoms with E-state index < -0.39 is 0 Å². The molecule has 0 aromatic heterocycles. The number of hydrogen-bond acceptors (Lipinski definition) is 3. The Balaban J connectivity index is 1.62. The first-order chi connectivity index (χ1) is 8.62. The van der Waals surface area contributed by atoms with E-state index in [-0.39, 0.29) is 0 Å². The van der Waals surface area contributed by atoms with E-state index in [0.29, 0.717) is 23.3 Å². The van der Waals surface area contributed by atoms with Crippen LogP contribution in [0.2, 0.25) is 0 Å². The maximum Gasteiger partial charge on any atom is 0.226 e.